The number of para-hydroxylation sites is 2. The highest BCUT2D eigenvalue weighted by Crippen LogP contribution is 2.30. The molecule has 178 valence electrons. The predicted molar refractivity (Wildman–Crippen MR) is 113 cm³/mol. The van der Waals surface area contributed by atoms with Gasteiger partial charge < -0.3 is 10.2 Å². The highest BCUT2D eigenvalue weighted by molar-refractivity contribution is 7.89. The van der Waals surface area contributed by atoms with Gasteiger partial charge >= 0.3 is 6.18 Å². The third kappa shape index (κ3) is 5.79. The number of nitrogens with zero attached hydrogens (tertiary/aromatic N) is 3. The van der Waals surface area contributed by atoms with Crippen molar-refractivity contribution in [3.8, 4) is 0 Å². The molecule has 1 saturated heterocycles. The average molecular weight is 486 g/mol. The molecule has 2 aromatic carbocycles. The molecule has 0 aliphatic carbocycles. The fraction of sp³-hybridized carbons (Fsp3) is 0.350. The van der Waals surface area contributed by atoms with Crippen LogP contribution in [-0.2, 0) is 21.0 Å². The Balaban J connectivity index is 1.53. The molecule has 1 heterocycles. The zero-order chi connectivity index (χ0) is 24.2. The number of nitrogens with one attached hydrogen (secondary N) is 1. The number of alkyl halides is 3. The summed E-state index contributed by atoms with van der Waals surface area (Å²) in [5.41, 5.74) is -0.749. The van der Waals surface area contributed by atoms with Gasteiger partial charge in [0.15, 0.2) is 0 Å². The lowest BCUT2D eigenvalue weighted by molar-refractivity contribution is -0.384. The van der Waals surface area contributed by atoms with Crippen LogP contribution >= 0.6 is 0 Å². The van der Waals surface area contributed by atoms with Gasteiger partial charge in [-0.1, -0.05) is 12.1 Å². The minimum atomic E-state index is -4.56. The summed E-state index contributed by atoms with van der Waals surface area (Å²) in [7, 11) is -3.99. The van der Waals surface area contributed by atoms with Crippen LogP contribution in [0.2, 0.25) is 0 Å². The molecule has 33 heavy (non-hydrogen) atoms. The number of sulfonamides is 1. The highest BCUT2D eigenvalue weighted by Gasteiger charge is 2.33. The lowest BCUT2D eigenvalue weighted by Gasteiger charge is -2.34. The lowest BCUT2D eigenvalue weighted by atomic mass is 10.2. The summed E-state index contributed by atoms with van der Waals surface area (Å²) < 4.78 is 64.7. The van der Waals surface area contributed by atoms with Gasteiger partial charge in [-0.25, -0.2) is 8.42 Å². The quantitative estimate of drug-likeness (QED) is 0.476. The summed E-state index contributed by atoms with van der Waals surface area (Å²) >= 11 is 0. The molecule has 0 spiro atoms. The maximum absolute atomic E-state index is 12.7. The Morgan fingerprint density at radius 1 is 1.03 bits per heavy atom. The Bertz CT molecular complexity index is 1120. The van der Waals surface area contributed by atoms with Gasteiger partial charge in [-0.2, -0.15) is 17.5 Å². The summed E-state index contributed by atoms with van der Waals surface area (Å²) in [6, 6.07) is 9.33. The van der Waals surface area contributed by atoms with E-state index in [1.54, 1.807) is 6.07 Å². The van der Waals surface area contributed by atoms with Crippen LogP contribution in [0.15, 0.2) is 53.4 Å². The number of hydrogen-bond acceptors (Lipinski definition) is 6. The number of halogens is 3. The van der Waals surface area contributed by atoms with Crippen LogP contribution in [0.1, 0.15) is 12.0 Å². The normalized spacial score (nSPS) is 15.3. The van der Waals surface area contributed by atoms with Crippen molar-refractivity contribution >= 4 is 27.3 Å². The monoisotopic (exact) mass is 486 g/mol. The number of piperazine rings is 1. The first-order valence-electron chi connectivity index (χ1n) is 9.92. The van der Waals surface area contributed by atoms with Gasteiger partial charge in [0, 0.05) is 45.2 Å². The van der Waals surface area contributed by atoms with E-state index in [2.05, 4.69) is 5.32 Å². The summed E-state index contributed by atoms with van der Waals surface area (Å²) in [6.07, 6.45) is -4.51. The molecule has 1 N–H and O–H groups in total. The van der Waals surface area contributed by atoms with Crippen molar-refractivity contribution in [3.05, 3.63) is 64.2 Å². The second-order valence-electron chi connectivity index (χ2n) is 7.26. The van der Waals surface area contributed by atoms with Crippen LogP contribution in [-0.4, -0.2) is 61.2 Å². The van der Waals surface area contributed by atoms with Gasteiger partial charge in [0.1, 0.15) is 5.69 Å². The van der Waals surface area contributed by atoms with Crippen molar-refractivity contribution in [3.63, 3.8) is 0 Å². The fourth-order valence-corrected chi connectivity index (χ4v) is 4.81. The van der Waals surface area contributed by atoms with Crippen molar-refractivity contribution in [2.24, 2.45) is 0 Å². The number of amides is 1. The van der Waals surface area contributed by atoms with Crippen LogP contribution in [0.4, 0.5) is 24.5 Å². The van der Waals surface area contributed by atoms with E-state index in [1.165, 1.54) is 23.1 Å². The molecular weight excluding hydrogens is 465 g/mol. The number of carbonyl (C=O) groups is 1. The van der Waals surface area contributed by atoms with Crippen LogP contribution in [0.3, 0.4) is 0 Å². The molecule has 1 aliphatic heterocycles. The average Bonchev–Trinajstić information content (AvgIpc) is 2.79. The Hall–Kier alpha value is -3.19. The van der Waals surface area contributed by atoms with Gasteiger partial charge in [-0.05, 0) is 30.3 Å². The topological polar surface area (TPSA) is 113 Å². The molecule has 1 aliphatic rings. The standard InChI is InChI=1S/C20H21F3N4O5S/c21-20(22,23)15-5-7-16(8-6-15)33(31,32)26-13-11-25(12-14-26)19(28)9-10-24-17-3-1-2-4-18(17)27(29)30/h1-8,24H,9-14H2. The maximum Gasteiger partial charge on any atom is 0.416 e. The molecule has 0 bridgehead atoms. The number of nitro groups is 1. The van der Waals surface area contributed by atoms with E-state index in [0.717, 1.165) is 28.6 Å². The first kappa shape index (κ1) is 24.5. The summed E-state index contributed by atoms with van der Waals surface area (Å²) in [5, 5.41) is 13.9. The summed E-state index contributed by atoms with van der Waals surface area (Å²) in [5.74, 6) is -0.243. The first-order chi connectivity index (χ1) is 15.5. The molecule has 0 atom stereocenters. The Kier molecular flexibility index (Phi) is 7.22. The van der Waals surface area contributed by atoms with E-state index in [1.807, 2.05) is 0 Å². The largest absolute Gasteiger partial charge is 0.416 e. The molecular formula is C20H21F3N4O5S. The van der Waals surface area contributed by atoms with Gasteiger partial charge in [-0.3, -0.25) is 14.9 Å². The fourth-order valence-electron chi connectivity index (χ4n) is 3.39. The van der Waals surface area contributed by atoms with E-state index < -0.39 is 26.7 Å². The first-order valence-corrected chi connectivity index (χ1v) is 11.4. The third-order valence-electron chi connectivity index (χ3n) is 5.17. The number of hydrogen-bond donors (Lipinski definition) is 1. The van der Waals surface area contributed by atoms with Crippen molar-refractivity contribution in [2.45, 2.75) is 17.5 Å². The molecule has 9 nitrogen and oxygen atoms in total. The Morgan fingerprint density at radius 3 is 2.21 bits per heavy atom. The van der Waals surface area contributed by atoms with Gasteiger partial charge in [0.25, 0.3) is 5.69 Å². The zero-order valence-electron chi connectivity index (χ0n) is 17.3. The maximum atomic E-state index is 12.7. The van der Waals surface area contributed by atoms with E-state index in [9.17, 15) is 36.5 Å². The van der Waals surface area contributed by atoms with E-state index >= 15 is 0 Å². The van der Waals surface area contributed by atoms with Gasteiger partial charge in [0.2, 0.25) is 15.9 Å². The van der Waals surface area contributed by atoms with Crippen molar-refractivity contribution < 1.29 is 31.3 Å². The smallest absolute Gasteiger partial charge is 0.379 e. The molecule has 13 heteroatoms. The molecule has 0 radical (unpaired) electrons. The third-order valence-corrected chi connectivity index (χ3v) is 7.08. The summed E-state index contributed by atoms with van der Waals surface area (Å²) in [4.78, 5) is 24.2. The van der Waals surface area contributed by atoms with Crippen molar-refractivity contribution in [1.29, 1.82) is 0 Å². The van der Waals surface area contributed by atoms with Crippen LogP contribution in [0, 0.1) is 10.1 Å². The second kappa shape index (κ2) is 9.75. The Morgan fingerprint density at radius 2 is 1.64 bits per heavy atom. The number of carbonyl (C=O) groups excluding carboxylic acids is 1. The van der Waals surface area contributed by atoms with Gasteiger partial charge in [0.05, 0.1) is 15.4 Å². The zero-order valence-corrected chi connectivity index (χ0v) is 18.1. The molecule has 0 aromatic heterocycles. The van der Waals surface area contributed by atoms with Crippen molar-refractivity contribution in [2.75, 3.05) is 38.0 Å². The number of rotatable bonds is 7. The minimum absolute atomic E-state index is 0.00663. The molecule has 1 amide bonds. The number of benzene rings is 2. The molecule has 3 rings (SSSR count). The highest BCUT2D eigenvalue weighted by atomic mass is 32.2. The van der Waals surface area contributed by atoms with Gasteiger partial charge in [-0.15, -0.1) is 0 Å². The van der Waals surface area contributed by atoms with E-state index in [0.29, 0.717) is 5.69 Å². The van der Waals surface area contributed by atoms with E-state index in [4.69, 9.17) is 0 Å². The molecule has 0 saturated carbocycles. The van der Waals surface area contributed by atoms with Crippen molar-refractivity contribution in [1.82, 2.24) is 9.21 Å². The van der Waals surface area contributed by atoms with Crippen LogP contribution in [0.5, 0.6) is 0 Å². The SMILES string of the molecule is O=C(CCNc1ccccc1[N+](=O)[O-])N1CCN(S(=O)(=O)c2ccc(C(F)(F)F)cc2)CC1. The molecule has 1 fully saturated rings. The second-order valence-corrected chi connectivity index (χ2v) is 9.20. The Labute approximate surface area is 188 Å². The number of nitro benzene ring substituents is 1. The number of anilines is 1. The summed E-state index contributed by atoms with van der Waals surface area (Å²) in [6.45, 7) is 0.432. The predicted octanol–water partition coefficient (Wildman–Crippen LogP) is 2.95. The van der Waals surface area contributed by atoms with Crippen LogP contribution < -0.4 is 5.32 Å². The van der Waals surface area contributed by atoms with Crippen LogP contribution in [0.25, 0.3) is 0 Å². The molecule has 0 unspecified atom stereocenters. The lowest BCUT2D eigenvalue weighted by Crippen LogP contribution is -2.50. The van der Waals surface area contributed by atoms with E-state index in [-0.39, 0.29) is 55.6 Å². The minimum Gasteiger partial charge on any atom is -0.379 e. The molecule has 2 aromatic rings.